The summed E-state index contributed by atoms with van der Waals surface area (Å²) in [6, 6.07) is 12.1. The Bertz CT molecular complexity index is 673. The fourth-order valence-electron chi connectivity index (χ4n) is 1.99. The molecule has 0 fully saturated rings. The number of carbonyl (C=O) groups excluding carboxylic acids is 1. The summed E-state index contributed by atoms with van der Waals surface area (Å²) in [6.45, 7) is 2.76. The number of carbonyl (C=O) groups is 1. The molecule has 0 saturated carbocycles. The summed E-state index contributed by atoms with van der Waals surface area (Å²) < 4.78 is 5.62. The average molecular weight is 320 g/mol. The third-order valence-corrected chi connectivity index (χ3v) is 3.46. The van der Waals surface area contributed by atoms with Gasteiger partial charge < -0.3 is 14.7 Å². The van der Waals surface area contributed by atoms with Crippen molar-refractivity contribution in [1.82, 2.24) is 4.90 Å². The first-order chi connectivity index (χ1) is 10.5. The van der Waals surface area contributed by atoms with Gasteiger partial charge in [-0.05, 0) is 42.8 Å². The highest BCUT2D eigenvalue weighted by atomic mass is 35.5. The molecule has 2 rings (SSSR count). The van der Waals surface area contributed by atoms with E-state index in [1.54, 1.807) is 7.05 Å². The standard InChI is InChI=1S/C17H18ClNO3/c1-12-4-3-5-14(10-12)22-9-8-19(2)17(21)15-11-13(18)6-7-16(15)20/h3-7,10-11,20H,8-9H2,1-2H3. The van der Waals surface area contributed by atoms with Gasteiger partial charge in [0.25, 0.3) is 5.91 Å². The summed E-state index contributed by atoms with van der Waals surface area (Å²) in [5.74, 6) is 0.389. The zero-order valence-electron chi connectivity index (χ0n) is 12.5. The molecular weight excluding hydrogens is 302 g/mol. The summed E-state index contributed by atoms with van der Waals surface area (Å²) in [5, 5.41) is 10.2. The first kappa shape index (κ1) is 16.2. The van der Waals surface area contributed by atoms with E-state index < -0.39 is 0 Å². The van der Waals surface area contributed by atoms with Crippen LogP contribution in [0, 0.1) is 6.92 Å². The van der Waals surface area contributed by atoms with Crippen LogP contribution in [0.4, 0.5) is 0 Å². The van der Waals surface area contributed by atoms with Crippen molar-refractivity contribution in [2.45, 2.75) is 6.92 Å². The van der Waals surface area contributed by atoms with Gasteiger partial charge in [0, 0.05) is 12.1 Å². The van der Waals surface area contributed by atoms with E-state index in [4.69, 9.17) is 16.3 Å². The van der Waals surface area contributed by atoms with Crippen molar-refractivity contribution in [2.75, 3.05) is 20.2 Å². The molecule has 0 aliphatic rings. The number of nitrogens with zero attached hydrogens (tertiary/aromatic N) is 1. The smallest absolute Gasteiger partial charge is 0.257 e. The molecule has 116 valence electrons. The lowest BCUT2D eigenvalue weighted by Gasteiger charge is -2.18. The van der Waals surface area contributed by atoms with E-state index in [0.29, 0.717) is 18.2 Å². The minimum atomic E-state index is -0.298. The van der Waals surface area contributed by atoms with Crippen molar-refractivity contribution in [3.8, 4) is 11.5 Å². The van der Waals surface area contributed by atoms with E-state index in [-0.39, 0.29) is 17.2 Å². The van der Waals surface area contributed by atoms with Crippen molar-refractivity contribution in [2.24, 2.45) is 0 Å². The average Bonchev–Trinajstić information content (AvgIpc) is 2.49. The highest BCUT2D eigenvalue weighted by molar-refractivity contribution is 6.31. The van der Waals surface area contributed by atoms with Crippen molar-refractivity contribution >= 4 is 17.5 Å². The van der Waals surface area contributed by atoms with E-state index >= 15 is 0 Å². The lowest BCUT2D eigenvalue weighted by Crippen LogP contribution is -2.30. The maximum Gasteiger partial charge on any atom is 0.257 e. The van der Waals surface area contributed by atoms with E-state index in [1.165, 1.54) is 23.1 Å². The monoisotopic (exact) mass is 319 g/mol. The number of phenols is 1. The first-order valence-corrected chi connectivity index (χ1v) is 7.28. The molecule has 0 unspecified atom stereocenters. The maximum atomic E-state index is 12.3. The second-order valence-electron chi connectivity index (χ2n) is 5.05. The molecule has 1 N–H and O–H groups in total. The quantitative estimate of drug-likeness (QED) is 0.917. The normalized spacial score (nSPS) is 10.3. The van der Waals surface area contributed by atoms with Crippen LogP contribution in [0.15, 0.2) is 42.5 Å². The predicted molar refractivity (Wildman–Crippen MR) is 86.8 cm³/mol. The van der Waals surface area contributed by atoms with Crippen LogP contribution in [0.2, 0.25) is 5.02 Å². The number of halogens is 1. The second kappa shape index (κ2) is 7.18. The van der Waals surface area contributed by atoms with Gasteiger partial charge in [-0.3, -0.25) is 4.79 Å². The predicted octanol–water partition coefficient (Wildman–Crippen LogP) is 3.51. The van der Waals surface area contributed by atoms with Crippen LogP contribution >= 0.6 is 11.6 Å². The van der Waals surface area contributed by atoms with Gasteiger partial charge in [0.1, 0.15) is 18.1 Å². The zero-order valence-corrected chi connectivity index (χ0v) is 13.3. The molecule has 1 amide bonds. The Balaban J connectivity index is 1.93. The van der Waals surface area contributed by atoms with E-state index in [0.717, 1.165) is 11.3 Å². The number of aromatic hydroxyl groups is 1. The molecular formula is C17H18ClNO3. The van der Waals surface area contributed by atoms with Crippen LogP contribution < -0.4 is 4.74 Å². The topological polar surface area (TPSA) is 49.8 Å². The van der Waals surface area contributed by atoms with Crippen LogP contribution in [0.25, 0.3) is 0 Å². The number of ether oxygens (including phenoxy) is 1. The number of rotatable bonds is 5. The van der Waals surface area contributed by atoms with Crippen molar-refractivity contribution in [1.29, 1.82) is 0 Å². The highest BCUT2D eigenvalue weighted by Crippen LogP contribution is 2.22. The Morgan fingerprint density at radius 1 is 1.27 bits per heavy atom. The number of likely N-dealkylation sites (N-methyl/N-ethyl adjacent to an activating group) is 1. The van der Waals surface area contributed by atoms with E-state index in [1.807, 2.05) is 31.2 Å². The van der Waals surface area contributed by atoms with Gasteiger partial charge in [0.05, 0.1) is 12.1 Å². The fourth-order valence-corrected chi connectivity index (χ4v) is 2.16. The Morgan fingerprint density at radius 3 is 2.77 bits per heavy atom. The number of aryl methyl sites for hydroxylation is 1. The molecule has 5 heteroatoms. The molecule has 0 bridgehead atoms. The van der Waals surface area contributed by atoms with Crippen LogP contribution in [-0.2, 0) is 0 Å². The summed E-state index contributed by atoms with van der Waals surface area (Å²) in [5.41, 5.74) is 1.30. The molecule has 0 saturated heterocycles. The molecule has 0 aliphatic carbocycles. The summed E-state index contributed by atoms with van der Waals surface area (Å²) in [6.07, 6.45) is 0. The van der Waals surface area contributed by atoms with Gasteiger partial charge in [0.2, 0.25) is 0 Å². The van der Waals surface area contributed by atoms with Crippen LogP contribution in [0.3, 0.4) is 0 Å². The van der Waals surface area contributed by atoms with E-state index in [2.05, 4.69) is 0 Å². The number of hydrogen-bond donors (Lipinski definition) is 1. The zero-order chi connectivity index (χ0) is 16.1. The lowest BCUT2D eigenvalue weighted by atomic mass is 10.2. The summed E-state index contributed by atoms with van der Waals surface area (Å²) in [4.78, 5) is 13.8. The number of benzene rings is 2. The molecule has 2 aromatic carbocycles. The summed E-state index contributed by atoms with van der Waals surface area (Å²) in [7, 11) is 1.66. The number of amides is 1. The van der Waals surface area contributed by atoms with Crippen LogP contribution in [-0.4, -0.2) is 36.1 Å². The van der Waals surface area contributed by atoms with Crippen molar-refractivity contribution in [3.63, 3.8) is 0 Å². The van der Waals surface area contributed by atoms with Gasteiger partial charge >= 0.3 is 0 Å². The Labute approximate surface area is 134 Å². The molecule has 2 aromatic rings. The molecule has 0 atom stereocenters. The third-order valence-electron chi connectivity index (χ3n) is 3.22. The third kappa shape index (κ3) is 4.15. The van der Waals surface area contributed by atoms with Gasteiger partial charge in [-0.1, -0.05) is 23.7 Å². The van der Waals surface area contributed by atoms with Gasteiger partial charge in [-0.2, -0.15) is 0 Å². The van der Waals surface area contributed by atoms with Gasteiger partial charge in [0.15, 0.2) is 0 Å². The molecule has 0 radical (unpaired) electrons. The largest absolute Gasteiger partial charge is 0.507 e. The molecule has 0 aromatic heterocycles. The second-order valence-corrected chi connectivity index (χ2v) is 5.49. The number of hydrogen-bond acceptors (Lipinski definition) is 3. The number of phenolic OH excluding ortho intramolecular Hbond substituents is 1. The van der Waals surface area contributed by atoms with Crippen LogP contribution in [0.1, 0.15) is 15.9 Å². The molecule has 22 heavy (non-hydrogen) atoms. The van der Waals surface area contributed by atoms with Crippen molar-refractivity contribution < 1.29 is 14.6 Å². The molecule has 0 heterocycles. The minimum absolute atomic E-state index is 0.0825. The maximum absolute atomic E-state index is 12.3. The Morgan fingerprint density at radius 2 is 2.05 bits per heavy atom. The minimum Gasteiger partial charge on any atom is -0.507 e. The molecule has 4 nitrogen and oxygen atoms in total. The van der Waals surface area contributed by atoms with Gasteiger partial charge in [-0.25, -0.2) is 0 Å². The fraction of sp³-hybridized carbons (Fsp3) is 0.235. The van der Waals surface area contributed by atoms with E-state index in [9.17, 15) is 9.90 Å². The summed E-state index contributed by atoms with van der Waals surface area (Å²) >= 11 is 5.86. The van der Waals surface area contributed by atoms with Gasteiger partial charge in [-0.15, -0.1) is 0 Å². The molecule has 0 aliphatic heterocycles. The SMILES string of the molecule is Cc1cccc(OCCN(C)C(=O)c2cc(Cl)ccc2O)c1. The lowest BCUT2D eigenvalue weighted by molar-refractivity contribution is 0.0770. The Kier molecular flexibility index (Phi) is 5.28. The van der Waals surface area contributed by atoms with Crippen LogP contribution in [0.5, 0.6) is 11.5 Å². The van der Waals surface area contributed by atoms with Crippen molar-refractivity contribution in [3.05, 3.63) is 58.6 Å². The highest BCUT2D eigenvalue weighted by Gasteiger charge is 2.16. The Hall–Kier alpha value is -2.20. The first-order valence-electron chi connectivity index (χ1n) is 6.91. The molecule has 0 spiro atoms.